The molecule has 90 valence electrons. The summed E-state index contributed by atoms with van der Waals surface area (Å²) in [6.07, 6.45) is 3.82. The molecule has 0 saturated heterocycles. The van der Waals surface area contributed by atoms with Crippen LogP contribution in [0, 0.1) is 0 Å². The van der Waals surface area contributed by atoms with Crippen molar-refractivity contribution in [3.05, 3.63) is 30.5 Å². The molecular formula is C11H14N4O2. The summed E-state index contributed by atoms with van der Waals surface area (Å²) in [5.41, 5.74) is 6.23. The van der Waals surface area contributed by atoms with Crippen LogP contribution in [0.25, 0.3) is 0 Å². The molecule has 2 aromatic heterocycles. The van der Waals surface area contributed by atoms with Crippen LogP contribution < -0.4 is 15.8 Å². The first-order valence-electron chi connectivity index (χ1n) is 5.22. The monoisotopic (exact) mass is 234 g/mol. The predicted molar refractivity (Wildman–Crippen MR) is 63.9 cm³/mol. The Morgan fingerprint density at radius 1 is 1.47 bits per heavy atom. The molecule has 0 aliphatic rings. The van der Waals surface area contributed by atoms with Gasteiger partial charge in [0.25, 0.3) is 0 Å². The molecule has 0 aliphatic carbocycles. The molecule has 0 aromatic carbocycles. The van der Waals surface area contributed by atoms with Gasteiger partial charge in [0, 0.05) is 13.0 Å². The maximum absolute atomic E-state index is 5.82. The van der Waals surface area contributed by atoms with Crippen LogP contribution in [-0.2, 0) is 6.42 Å². The van der Waals surface area contributed by atoms with Gasteiger partial charge in [0.2, 0.25) is 5.88 Å². The third kappa shape index (κ3) is 2.66. The standard InChI is InChI=1S/C11H14N4O2/c1-16-11-9(12)10(14-7-15-11)13-5-4-8-3-2-6-17-8/h2-3,6-7H,4-5,12H2,1H3,(H,13,14,15). The number of furan rings is 1. The number of nitrogen functional groups attached to an aromatic ring is 1. The second-order valence-corrected chi connectivity index (χ2v) is 3.40. The van der Waals surface area contributed by atoms with Crippen LogP contribution in [0.4, 0.5) is 11.5 Å². The molecule has 0 spiro atoms. The third-order valence-electron chi connectivity index (χ3n) is 2.28. The van der Waals surface area contributed by atoms with Gasteiger partial charge in [-0.2, -0.15) is 4.98 Å². The minimum atomic E-state index is 0.375. The van der Waals surface area contributed by atoms with Crippen LogP contribution in [0.1, 0.15) is 5.76 Å². The number of hydrogen-bond donors (Lipinski definition) is 2. The van der Waals surface area contributed by atoms with Crippen molar-refractivity contribution in [2.24, 2.45) is 0 Å². The van der Waals surface area contributed by atoms with E-state index in [4.69, 9.17) is 14.9 Å². The van der Waals surface area contributed by atoms with Crippen molar-refractivity contribution in [2.75, 3.05) is 24.7 Å². The highest BCUT2D eigenvalue weighted by Gasteiger charge is 2.07. The van der Waals surface area contributed by atoms with Crippen molar-refractivity contribution in [1.29, 1.82) is 0 Å². The maximum atomic E-state index is 5.82. The molecule has 0 aliphatic heterocycles. The molecule has 0 saturated carbocycles. The fraction of sp³-hybridized carbons (Fsp3) is 0.273. The summed E-state index contributed by atoms with van der Waals surface area (Å²) in [5.74, 6) is 1.86. The minimum Gasteiger partial charge on any atom is -0.479 e. The zero-order valence-corrected chi connectivity index (χ0v) is 9.51. The van der Waals surface area contributed by atoms with E-state index < -0.39 is 0 Å². The van der Waals surface area contributed by atoms with Crippen molar-refractivity contribution in [2.45, 2.75) is 6.42 Å². The highest BCUT2D eigenvalue weighted by molar-refractivity contribution is 5.66. The largest absolute Gasteiger partial charge is 0.479 e. The van der Waals surface area contributed by atoms with Crippen molar-refractivity contribution in [3.63, 3.8) is 0 Å². The molecule has 2 heterocycles. The van der Waals surface area contributed by atoms with E-state index in [1.165, 1.54) is 13.4 Å². The number of anilines is 2. The molecule has 0 radical (unpaired) electrons. The van der Waals surface area contributed by atoms with Crippen LogP contribution in [0.2, 0.25) is 0 Å². The molecule has 0 bridgehead atoms. The van der Waals surface area contributed by atoms with Crippen LogP contribution in [0.15, 0.2) is 29.1 Å². The summed E-state index contributed by atoms with van der Waals surface area (Å²) < 4.78 is 10.2. The van der Waals surface area contributed by atoms with Crippen molar-refractivity contribution >= 4 is 11.5 Å². The maximum Gasteiger partial charge on any atom is 0.242 e. The summed E-state index contributed by atoms with van der Waals surface area (Å²) in [5, 5.41) is 3.11. The van der Waals surface area contributed by atoms with Crippen LogP contribution >= 0.6 is 0 Å². The smallest absolute Gasteiger partial charge is 0.242 e. The highest BCUT2D eigenvalue weighted by atomic mass is 16.5. The Morgan fingerprint density at radius 3 is 3.06 bits per heavy atom. The van der Waals surface area contributed by atoms with Crippen LogP contribution in [0.5, 0.6) is 5.88 Å². The molecule has 0 atom stereocenters. The van der Waals surface area contributed by atoms with E-state index in [1.807, 2.05) is 12.1 Å². The Balaban J connectivity index is 1.95. The summed E-state index contributed by atoms with van der Waals surface area (Å²) in [7, 11) is 1.52. The van der Waals surface area contributed by atoms with Gasteiger partial charge < -0.3 is 20.2 Å². The first-order valence-corrected chi connectivity index (χ1v) is 5.22. The van der Waals surface area contributed by atoms with Crippen LogP contribution in [0.3, 0.4) is 0 Å². The van der Waals surface area contributed by atoms with Gasteiger partial charge in [0.05, 0.1) is 13.4 Å². The Labute approximate surface area is 98.8 Å². The third-order valence-corrected chi connectivity index (χ3v) is 2.28. The first kappa shape index (κ1) is 11.3. The minimum absolute atomic E-state index is 0.375. The van der Waals surface area contributed by atoms with Gasteiger partial charge in [-0.25, -0.2) is 4.98 Å². The Morgan fingerprint density at radius 2 is 2.35 bits per heavy atom. The Hall–Kier alpha value is -2.24. The first-order chi connectivity index (χ1) is 8.31. The van der Waals surface area contributed by atoms with Gasteiger partial charge >= 0.3 is 0 Å². The van der Waals surface area contributed by atoms with Crippen LogP contribution in [-0.4, -0.2) is 23.6 Å². The number of nitrogens with one attached hydrogen (secondary N) is 1. The molecule has 6 nitrogen and oxygen atoms in total. The number of ether oxygens (including phenoxy) is 1. The topological polar surface area (TPSA) is 86.2 Å². The molecule has 6 heteroatoms. The number of methoxy groups -OCH3 is 1. The van der Waals surface area contributed by atoms with Gasteiger partial charge in [-0.3, -0.25) is 0 Å². The van der Waals surface area contributed by atoms with E-state index in [1.54, 1.807) is 6.26 Å². The number of nitrogens with two attached hydrogens (primary N) is 1. The average Bonchev–Trinajstić information content (AvgIpc) is 2.84. The van der Waals surface area contributed by atoms with Gasteiger partial charge in [0.1, 0.15) is 17.8 Å². The fourth-order valence-electron chi connectivity index (χ4n) is 1.44. The second kappa shape index (κ2) is 5.20. The van der Waals surface area contributed by atoms with E-state index in [2.05, 4.69) is 15.3 Å². The molecule has 2 aromatic rings. The lowest BCUT2D eigenvalue weighted by molar-refractivity contribution is 0.399. The molecule has 0 unspecified atom stereocenters. The summed E-state index contributed by atoms with van der Waals surface area (Å²) in [6, 6.07) is 3.78. The number of nitrogens with zero attached hydrogens (tertiary/aromatic N) is 2. The fourth-order valence-corrected chi connectivity index (χ4v) is 1.44. The zero-order valence-electron chi connectivity index (χ0n) is 9.51. The Bertz CT molecular complexity index is 470. The molecule has 2 rings (SSSR count). The van der Waals surface area contributed by atoms with Gasteiger partial charge in [0.15, 0.2) is 5.82 Å². The van der Waals surface area contributed by atoms with Gasteiger partial charge in [-0.05, 0) is 12.1 Å². The Kier molecular flexibility index (Phi) is 3.44. The highest BCUT2D eigenvalue weighted by Crippen LogP contribution is 2.23. The number of hydrogen-bond acceptors (Lipinski definition) is 6. The SMILES string of the molecule is COc1ncnc(NCCc2ccco2)c1N. The van der Waals surface area contributed by atoms with E-state index in [0.29, 0.717) is 23.9 Å². The zero-order chi connectivity index (χ0) is 12.1. The van der Waals surface area contributed by atoms with E-state index >= 15 is 0 Å². The van der Waals surface area contributed by atoms with Gasteiger partial charge in [-0.15, -0.1) is 0 Å². The van der Waals surface area contributed by atoms with E-state index in [9.17, 15) is 0 Å². The van der Waals surface area contributed by atoms with Crippen molar-refractivity contribution < 1.29 is 9.15 Å². The average molecular weight is 234 g/mol. The lowest BCUT2D eigenvalue weighted by Gasteiger charge is -2.09. The molecular weight excluding hydrogens is 220 g/mol. The molecule has 3 N–H and O–H groups in total. The number of aromatic nitrogens is 2. The van der Waals surface area contributed by atoms with E-state index in [0.717, 1.165) is 12.2 Å². The van der Waals surface area contributed by atoms with Gasteiger partial charge in [-0.1, -0.05) is 0 Å². The summed E-state index contributed by atoms with van der Waals surface area (Å²) >= 11 is 0. The lowest BCUT2D eigenvalue weighted by Crippen LogP contribution is -2.09. The van der Waals surface area contributed by atoms with Crippen molar-refractivity contribution in [1.82, 2.24) is 9.97 Å². The number of rotatable bonds is 5. The second-order valence-electron chi connectivity index (χ2n) is 3.40. The summed E-state index contributed by atoms with van der Waals surface area (Å²) in [6.45, 7) is 0.678. The molecule has 0 fully saturated rings. The summed E-state index contributed by atoms with van der Waals surface area (Å²) in [4.78, 5) is 7.95. The quantitative estimate of drug-likeness (QED) is 0.811. The normalized spacial score (nSPS) is 10.2. The predicted octanol–water partition coefficient (Wildman–Crippen LogP) is 1.31. The van der Waals surface area contributed by atoms with E-state index in [-0.39, 0.29) is 0 Å². The van der Waals surface area contributed by atoms with Crippen molar-refractivity contribution in [3.8, 4) is 5.88 Å². The molecule has 17 heavy (non-hydrogen) atoms. The molecule has 0 amide bonds. The lowest BCUT2D eigenvalue weighted by atomic mass is 10.3.